The SMILES string of the molecule is CN(c1ncnc2[nH]ccc12)C1CC2(C1)CN(C(=O)c1ccc(C#N)c(F)c1F)C2. The number of fused-ring (bicyclic) bond motifs is 1. The number of H-pyrrole nitrogens is 1. The summed E-state index contributed by atoms with van der Waals surface area (Å²) in [6.45, 7) is 1.03. The smallest absolute Gasteiger partial charge is 0.256 e. The first-order valence-corrected chi connectivity index (χ1v) is 9.61. The number of hydrogen-bond donors (Lipinski definition) is 1. The van der Waals surface area contributed by atoms with E-state index in [1.165, 1.54) is 17.3 Å². The predicted molar refractivity (Wildman–Crippen MR) is 105 cm³/mol. The Morgan fingerprint density at radius 1 is 1.27 bits per heavy atom. The van der Waals surface area contributed by atoms with Gasteiger partial charge in [0, 0.05) is 37.8 Å². The molecule has 2 fully saturated rings. The second kappa shape index (κ2) is 6.49. The van der Waals surface area contributed by atoms with Crippen LogP contribution >= 0.6 is 0 Å². The Bertz CT molecular complexity index is 1200. The largest absolute Gasteiger partial charge is 0.356 e. The van der Waals surface area contributed by atoms with Crippen LogP contribution in [0.2, 0.25) is 0 Å². The first kappa shape index (κ1) is 18.5. The molecule has 2 aromatic heterocycles. The standard InChI is InChI=1S/C21H18F2N6O/c1-28(19-15-4-5-25-18(15)26-11-27-19)13-6-21(7-13)9-29(10-21)20(30)14-3-2-12(8-24)16(22)17(14)23/h2-5,11,13H,6-7,9-10H2,1H3,(H,25,26,27). The Labute approximate surface area is 170 Å². The molecular formula is C21H18F2N6O. The fourth-order valence-electron chi connectivity index (χ4n) is 4.66. The first-order chi connectivity index (χ1) is 14.4. The molecule has 9 heteroatoms. The number of likely N-dealkylation sites (tertiary alicyclic amines) is 1. The number of nitrogens with zero attached hydrogens (tertiary/aromatic N) is 5. The molecule has 1 saturated carbocycles. The van der Waals surface area contributed by atoms with Crippen LogP contribution in [0.4, 0.5) is 14.6 Å². The maximum absolute atomic E-state index is 14.2. The van der Waals surface area contributed by atoms with Crippen LogP contribution in [0.5, 0.6) is 0 Å². The number of halogens is 2. The number of hydrogen-bond acceptors (Lipinski definition) is 5. The molecule has 1 aliphatic carbocycles. The fraction of sp³-hybridized carbons (Fsp3) is 0.333. The maximum atomic E-state index is 14.2. The van der Waals surface area contributed by atoms with Crippen molar-refractivity contribution in [3.05, 3.63) is 53.5 Å². The molecule has 0 unspecified atom stereocenters. The van der Waals surface area contributed by atoms with Crippen LogP contribution in [-0.4, -0.2) is 51.9 Å². The predicted octanol–water partition coefficient (Wildman–Crippen LogP) is 2.85. The summed E-state index contributed by atoms with van der Waals surface area (Å²) < 4.78 is 28.0. The lowest BCUT2D eigenvalue weighted by atomic mass is 9.60. The van der Waals surface area contributed by atoms with Crippen molar-refractivity contribution in [2.24, 2.45) is 5.41 Å². The van der Waals surface area contributed by atoms with Gasteiger partial charge in [-0.05, 0) is 31.0 Å². The number of aromatic nitrogens is 3. The third-order valence-electron chi connectivity index (χ3n) is 6.32. The molecule has 2 aliphatic rings. The van der Waals surface area contributed by atoms with E-state index in [-0.39, 0.29) is 11.0 Å². The van der Waals surface area contributed by atoms with Gasteiger partial charge in [0.2, 0.25) is 0 Å². The van der Waals surface area contributed by atoms with Gasteiger partial charge in [-0.1, -0.05) is 0 Å². The van der Waals surface area contributed by atoms with Crippen molar-refractivity contribution in [2.45, 2.75) is 18.9 Å². The van der Waals surface area contributed by atoms with Gasteiger partial charge in [0.15, 0.2) is 11.6 Å². The maximum Gasteiger partial charge on any atom is 0.256 e. The molecule has 3 aromatic rings. The lowest BCUT2D eigenvalue weighted by Gasteiger charge is -2.60. The highest BCUT2D eigenvalue weighted by Crippen LogP contribution is 2.51. The van der Waals surface area contributed by atoms with Crippen molar-refractivity contribution in [1.29, 1.82) is 5.26 Å². The van der Waals surface area contributed by atoms with Crippen molar-refractivity contribution in [2.75, 3.05) is 25.0 Å². The number of rotatable bonds is 3. The first-order valence-electron chi connectivity index (χ1n) is 9.61. The lowest BCUT2D eigenvalue weighted by molar-refractivity contribution is -0.0543. The Hall–Kier alpha value is -3.54. The molecule has 7 nitrogen and oxygen atoms in total. The minimum absolute atomic E-state index is 0.0144. The summed E-state index contributed by atoms with van der Waals surface area (Å²) in [5.74, 6) is -2.21. The Morgan fingerprint density at radius 2 is 2.03 bits per heavy atom. The minimum atomic E-state index is -1.27. The number of amides is 1. The zero-order chi connectivity index (χ0) is 21.0. The fourth-order valence-corrected chi connectivity index (χ4v) is 4.66. The van der Waals surface area contributed by atoms with Crippen molar-refractivity contribution in [1.82, 2.24) is 19.9 Å². The molecule has 1 aromatic carbocycles. The topological polar surface area (TPSA) is 88.9 Å². The van der Waals surface area contributed by atoms with Gasteiger partial charge in [0.25, 0.3) is 5.91 Å². The number of anilines is 1. The number of nitriles is 1. The highest BCUT2D eigenvalue weighted by molar-refractivity contribution is 5.95. The third kappa shape index (κ3) is 2.64. The van der Waals surface area contributed by atoms with Gasteiger partial charge in [-0.2, -0.15) is 5.26 Å². The summed E-state index contributed by atoms with van der Waals surface area (Å²) in [6.07, 6.45) is 5.16. The molecule has 1 N–H and O–H groups in total. The van der Waals surface area contributed by atoms with Crippen molar-refractivity contribution in [3.63, 3.8) is 0 Å². The average Bonchev–Trinajstić information content (AvgIpc) is 3.16. The molecule has 3 heterocycles. The quantitative estimate of drug-likeness (QED) is 0.720. The molecule has 1 spiro atoms. The van der Waals surface area contributed by atoms with Gasteiger partial charge in [-0.3, -0.25) is 4.79 Å². The second-order valence-electron chi connectivity index (χ2n) is 8.17. The molecule has 30 heavy (non-hydrogen) atoms. The molecule has 1 saturated heterocycles. The lowest BCUT2D eigenvalue weighted by Crippen LogP contribution is -2.67. The van der Waals surface area contributed by atoms with Gasteiger partial charge in [0.1, 0.15) is 23.9 Å². The highest BCUT2D eigenvalue weighted by Gasteiger charge is 2.55. The summed E-state index contributed by atoms with van der Waals surface area (Å²) in [5.41, 5.74) is 0.0685. The third-order valence-corrected chi connectivity index (χ3v) is 6.32. The van der Waals surface area contributed by atoms with Crippen molar-refractivity contribution >= 4 is 22.8 Å². The highest BCUT2D eigenvalue weighted by atomic mass is 19.2. The van der Waals surface area contributed by atoms with E-state index in [2.05, 4.69) is 19.9 Å². The summed E-state index contributed by atoms with van der Waals surface area (Å²) in [6, 6.07) is 6.13. The zero-order valence-corrected chi connectivity index (χ0v) is 16.2. The second-order valence-corrected chi connectivity index (χ2v) is 8.17. The van der Waals surface area contributed by atoms with Gasteiger partial charge in [-0.25, -0.2) is 18.7 Å². The molecule has 1 amide bonds. The number of benzene rings is 1. The normalized spacial score (nSPS) is 17.5. The summed E-state index contributed by atoms with van der Waals surface area (Å²) in [4.78, 5) is 28.0. The van der Waals surface area contributed by atoms with Crippen LogP contribution in [0.3, 0.4) is 0 Å². The van der Waals surface area contributed by atoms with Gasteiger partial charge in [-0.15, -0.1) is 0 Å². The van der Waals surface area contributed by atoms with Gasteiger partial charge in [0.05, 0.1) is 16.5 Å². The Kier molecular flexibility index (Phi) is 4.00. The van der Waals surface area contributed by atoms with Crippen LogP contribution in [0.25, 0.3) is 11.0 Å². The molecule has 1 aliphatic heterocycles. The van der Waals surface area contributed by atoms with E-state index in [9.17, 15) is 13.6 Å². The summed E-state index contributed by atoms with van der Waals surface area (Å²) in [7, 11) is 2.00. The molecule has 5 rings (SSSR count). The van der Waals surface area contributed by atoms with Crippen LogP contribution in [0.1, 0.15) is 28.8 Å². The van der Waals surface area contributed by atoms with Crippen LogP contribution < -0.4 is 4.90 Å². The van der Waals surface area contributed by atoms with E-state index in [4.69, 9.17) is 5.26 Å². The Morgan fingerprint density at radius 3 is 2.77 bits per heavy atom. The average molecular weight is 408 g/mol. The van der Waals surface area contributed by atoms with Crippen LogP contribution in [-0.2, 0) is 0 Å². The van der Waals surface area contributed by atoms with Crippen LogP contribution in [0, 0.1) is 28.4 Å². The van der Waals surface area contributed by atoms with Crippen molar-refractivity contribution < 1.29 is 13.6 Å². The summed E-state index contributed by atoms with van der Waals surface area (Å²) in [5, 5.41) is 9.74. The minimum Gasteiger partial charge on any atom is -0.356 e. The number of aromatic amines is 1. The number of nitrogens with one attached hydrogen (secondary N) is 1. The van der Waals surface area contributed by atoms with Crippen LogP contribution in [0.15, 0.2) is 30.7 Å². The van der Waals surface area contributed by atoms with Gasteiger partial charge < -0.3 is 14.8 Å². The summed E-state index contributed by atoms with van der Waals surface area (Å²) >= 11 is 0. The Balaban J connectivity index is 1.24. The molecular weight excluding hydrogens is 390 g/mol. The van der Waals surface area contributed by atoms with E-state index >= 15 is 0 Å². The van der Waals surface area contributed by atoms with E-state index in [0.717, 1.165) is 35.8 Å². The number of carbonyl (C=O) groups is 1. The van der Waals surface area contributed by atoms with Crippen molar-refractivity contribution in [3.8, 4) is 6.07 Å². The monoisotopic (exact) mass is 408 g/mol. The zero-order valence-electron chi connectivity index (χ0n) is 16.2. The van der Waals surface area contributed by atoms with Gasteiger partial charge >= 0.3 is 0 Å². The number of carbonyl (C=O) groups excluding carboxylic acids is 1. The van der Waals surface area contributed by atoms with E-state index in [1.54, 1.807) is 6.07 Å². The van der Waals surface area contributed by atoms with E-state index < -0.39 is 23.1 Å². The van der Waals surface area contributed by atoms with E-state index in [0.29, 0.717) is 19.1 Å². The van der Waals surface area contributed by atoms with E-state index in [1.807, 2.05) is 19.3 Å². The molecule has 152 valence electrons. The molecule has 0 atom stereocenters. The molecule has 0 bridgehead atoms. The molecule has 0 radical (unpaired) electrons.